The Kier molecular flexibility index (Phi) is 3.06. The average Bonchev–Trinajstić information content (AvgIpc) is 2.64. The number of nitriles is 1. The third-order valence-electron chi connectivity index (χ3n) is 3.58. The molecule has 0 spiro atoms. The van der Waals surface area contributed by atoms with Crippen molar-refractivity contribution < 1.29 is 0 Å². The smallest absolute Gasteiger partial charge is 0.144 e. The molecule has 17 heavy (non-hydrogen) atoms. The molecule has 2 rings (SSSR count). The van der Waals surface area contributed by atoms with Gasteiger partial charge in [-0.25, -0.2) is 4.98 Å². The third kappa shape index (κ3) is 2.41. The fraction of sp³-hybridized carbons (Fsp3) is 0.571. The number of aromatic nitrogens is 1. The van der Waals surface area contributed by atoms with Crippen LogP contribution in [0.2, 0.25) is 0 Å². The first-order valence-electron chi connectivity index (χ1n) is 6.21. The van der Waals surface area contributed by atoms with E-state index < -0.39 is 0 Å². The molecule has 1 heterocycles. The Balaban J connectivity index is 2.35. The van der Waals surface area contributed by atoms with Crippen LogP contribution < -0.4 is 5.32 Å². The van der Waals surface area contributed by atoms with Crippen LogP contribution >= 0.6 is 0 Å². The molecular weight excluding hydrogens is 210 g/mol. The molecule has 0 atom stereocenters. The van der Waals surface area contributed by atoms with Gasteiger partial charge in [-0.3, -0.25) is 0 Å². The lowest BCUT2D eigenvalue weighted by Gasteiger charge is -2.27. The second-order valence-electron chi connectivity index (χ2n) is 5.31. The van der Waals surface area contributed by atoms with Crippen molar-refractivity contribution in [1.29, 1.82) is 5.26 Å². The van der Waals surface area contributed by atoms with Crippen molar-refractivity contribution in [1.82, 2.24) is 4.98 Å². The Morgan fingerprint density at radius 1 is 1.35 bits per heavy atom. The molecule has 1 aliphatic carbocycles. The molecule has 0 radical (unpaired) electrons. The van der Waals surface area contributed by atoms with Crippen LogP contribution in [0.1, 0.15) is 49.4 Å². The number of nitrogens with zero attached hydrogens (tertiary/aromatic N) is 2. The first-order chi connectivity index (χ1) is 8.04. The normalized spacial score (nSPS) is 17.8. The molecule has 1 fully saturated rings. The highest BCUT2D eigenvalue weighted by Gasteiger charge is 2.29. The monoisotopic (exact) mass is 229 g/mol. The number of anilines is 1. The van der Waals surface area contributed by atoms with Crippen LogP contribution in [-0.2, 0) is 0 Å². The average molecular weight is 229 g/mol. The number of hydrogen-bond acceptors (Lipinski definition) is 3. The molecule has 0 aliphatic heterocycles. The summed E-state index contributed by atoms with van der Waals surface area (Å²) in [4.78, 5) is 4.48. The lowest BCUT2D eigenvalue weighted by molar-refractivity contribution is 0.530. The molecule has 1 aromatic rings. The van der Waals surface area contributed by atoms with Crippen LogP contribution in [0.15, 0.2) is 6.07 Å². The molecule has 0 bridgehead atoms. The topological polar surface area (TPSA) is 48.7 Å². The maximum Gasteiger partial charge on any atom is 0.144 e. The van der Waals surface area contributed by atoms with Crippen LogP contribution in [0.5, 0.6) is 0 Å². The quantitative estimate of drug-likeness (QED) is 0.846. The Labute approximate surface area is 103 Å². The number of hydrogen-bond donors (Lipinski definition) is 1. The zero-order chi connectivity index (χ0) is 12.5. The molecule has 1 aromatic heterocycles. The Hall–Kier alpha value is -1.56. The van der Waals surface area contributed by atoms with Crippen molar-refractivity contribution in [2.24, 2.45) is 0 Å². The van der Waals surface area contributed by atoms with Crippen molar-refractivity contribution in [3.8, 4) is 6.07 Å². The standard InChI is InChI=1S/C14H19N3/c1-10-8-11(2)16-13(12(10)9-15)17-14(3)6-4-5-7-14/h8H,4-7H2,1-3H3,(H,16,17). The summed E-state index contributed by atoms with van der Waals surface area (Å²) in [6.07, 6.45) is 4.84. The first kappa shape index (κ1) is 11.9. The van der Waals surface area contributed by atoms with E-state index in [9.17, 15) is 5.26 Å². The zero-order valence-electron chi connectivity index (χ0n) is 10.8. The molecule has 0 amide bonds. The van der Waals surface area contributed by atoms with Crippen molar-refractivity contribution in [2.45, 2.75) is 52.0 Å². The fourth-order valence-corrected chi connectivity index (χ4v) is 2.63. The van der Waals surface area contributed by atoms with Gasteiger partial charge in [-0.1, -0.05) is 12.8 Å². The van der Waals surface area contributed by atoms with Crippen LogP contribution in [0.25, 0.3) is 0 Å². The van der Waals surface area contributed by atoms with Gasteiger partial charge in [0.2, 0.25) is 0 Å². The van der Waals surface area contributed by atoms with Crippen molar-refractivity contribution in [3.05, 3.63) is 22.9 Å². The second kappa shape index (κ2) is 4.37. The molecule has 3 heteroatoms. The Morgan fingerprint density at radius 3 is 2.59 bits per heavy atom. The van der Waals surface area contributed by atoms with Gasteiger partial charge in [-0.15, -0.1) is 0 Å². The van der Waals surface area contributed by atoms with E-state index in [2.05, 4.69) is 23.3 Å². The number of aryl methyl sites for hydroxylation is 2. The SMILES string of the molecule is Cc1cc(C)c(C#N)c(NC2(C)CCCC2)n1. The highest BCUT2D eigenvalue weighted by Crippen LogP contribution is 2.33. The van der Waals surface area contributed by atoms with Gasteiger partial charge in [0.15, 0.2) is 0 Å². The summed E-state index contributed by atoms with van der Waals surface area (Å²) in [5, 5.41) is 12.7. The van der Waals surface area contributed by atoms with Crippen molar-refractivity contribution in [3.63, 3.8) is 0 Å². The largest absolute Gasteiger partial charge is 0.364 e. The zero-order valence-corrected chi connectivity index (χ0v) is 10.8. The number of pyridine rings is 1. The lowest BCUT2D eigenvalue weighted by Crippen LogP contribution is -2.31. The van der Waals surface area contributed by atoms with E-state index in [0.29, 0.717) is 5.56 Å². The third-order valence-corrected chi connectivity index (χ3v) is 3.58. The predicted octanol–water partition coefficient (Wildman–Crippen LogP) is 3.31. The van der Waals surface area contributed by atoms with Gasteiger partial charge in [-0.05, 0) is 45.2 Å². The summed E-state index contributed by atoms with van der Waals surface area (Å²) in [6, 6.07) is 4.22. The molecule has 1 saturated carbocycles. The van der Waals surface area contributed by atoms with Crippen LogP contribution in [0, 0.1) is 25.2 Å². The van der Waals surface area contributed by atoms with Gasteiger partial charge in [0.05, 0.1) is 5.56 Å². The summed E-state index contributed by atoms with van der Waals surface area (Å²) in [5.74, 6) is 0.759. The van der Waals surface area contributed by atoms with E-state index in [-0.39, 0.29) is 5.54 Å². The minimum absolute atomic E-state index is 0.110. The highest BCUT2D eigenvalue weighted by molar-refractivity contribution is 5.57. The van der Waals surface area contributed by atoms with E-state index in [1.807, 2.05) is 19.9 Å². The molecule has 90 valence electrons. The molecule has 0 unspecified atom stereocenters. The summed E-state index contributed by atoms with van der Waals surface area (Å²) in [7, 11) is 0. The van der Waals surface area contributed by atoms with E-state index >= 15 is 0 Å². The maximum absolute atomic E-state index is 9.22. The van der Waals surface area contributed by atoms with E-state index in [0.717, 1.165) is 29.9 Å². The van der Waals surface area contributed by atoms with Gasteiger partial charge in [0.1, 0.15) is 11.9 Å². The van der Waals surface area contributed by atoms with Gasteiger partial charge in [0.25, 0.3) is 0 Å². The predicted molar refractivity (Wildman–Crippen MR) is 68.9 cm³/mol. The molecule has 1 aliphatic rings. The van der Waals surface area contributed by atoms with Gasteiger partial charge < -0.3 is 5.32 Å². The van der Waals surface area contributed by atoms with Gasteiger partial charge in [0, 0.05) is 11.2 Å². The summed E-state index contributed by atoms with van der Waals surface area (Å²) in [6.45, 7) is 6.16. The second-order valence-corrected chi connectivity index (χ2v) is 5.31. The van der Waals surface area contributed by atoms with Crippen LogP contribution in [0.4, 0.5) is 5.82 Å². The van der Waals surface area contributed by atoms with Gasteiger partial charge >= 0.3 is 0 Å². The molecular formula is C14H19N3. The molecule has 0 aromatic carbocycles. The first-order valence-corrected chi connectivity index (χ1v) is 6.21. The lowest BCUT2D eigenvalue weighted by atomic mass is 10.00. The number of rotatable bonds is 2. The molecule has 3 nitrogen and oxygen atoms in total. The Bertz CT molecular complexity index is 465. The van der Waals surface area contributed by atoms with Crippen LogP contribution in [0.3, 0.4) is 0 Å². The van der Waals surface area contributed by atoms with Crippen molar-refractivity contribution in [2.75, 3.05) is 5.32 Å². The highest BCUT2D eigenvalue weighted by atomic mass is 15.1. The molecule has 0 saturated heterocycles. The minimum Gasteiger partial charge on any atom is -0.364 e. The van der Waals surface area contributed by atoms with Gasteiger partial charge in [-0.2, -0.15) is 5.26 Å². The molecule has 1 N–H and O–H groups in total. The Morgan fingerprint density at radius 2 is 2.00 bits per heavy atom. The fourth-order valence-electron chi connectivity index (χ4n) is 2.63. The van der Waals surface area contributed by atoms with Crippen molar-refractivity contribution >= 4 is 5.82 Å². The summed E-state index contributed by atoms with van der Waals surface area (Å²) >= 11 is 0. The minimum atomic E-state index is 0.110. The van der Waals surface area contributed by atoms with E-state index in [4.69, 9.17) is 0 Å². The van der Waals surface area contributed by atoms with E-state index in [1.165, 1.54) is 12.8 Å². The number of nitrogens with one attached hydrogen (secondary N) is 1. The summed E-state index contributed by atoms with van der Waals surface area (Å²) < 4.78 is 0. The van der Waals surface area contributed by atoms with Crippen LogP contribution in [-0.4, -0.2) is 10.5 Å². The maximum atomic E-state index is 9.22. The summed E-state index contributed by atoms with van der Waals surface area (Å²) in [5.41, 5.74) is 2.76. The van der Waals surface area contributed by atoms with E-state index in [1.54, 1.807) is 0 Å².